The highest BCUT2D eigenvalue weighted by atomic mass is 16.4. The Morgan fingerprint density at radius 1 is 1.22 bits per heavy atom. The van der Waals surface area contributed by atoms with Crippen LogP contribution in [-0.2, 0) is 4.79 Å². The Labute approximate surface area is 109 Å². The molecular formula is C15H24O3. The Morgan fingerprint density at radius 3 is 2.50 bits per heavy atom. The molecule has 0 amide bonds. The summed E-state index contributed by atoms with van der Waals surface area (Å²) in [6.45, 7) is 6.36. The minimum atomic E-state index is -0.636. The van der Waals surface area contributed by atoms with Crippen LogP contribution in [0.2, 0.25) is 0 Å². The minimum Gasteiger partial charge on any atom is -0.481 e. The highest BCUT2D eigenvalue weighted by Gasteiger charge is 2.64. The van der Waals surface area contributed by atoms with E-state index in [4.69, 9.17) is 0 Å². The molecule has 2 N–H and O–H groups in total. The fraction of sp³-hybridized carbons (Fsp3) is 0.933. The zero-order chi connectivity index (χ0) is 13.3. The SMILES string of the molecule is C[C@H]1[C@@H](O)C[C@@H]2C[C@H]3C[C@](C)(C(=O)O)C[C@H]3[C@@]21C. The molecule has 3 aliphatic rings. The molecule has 0 heterocycles. The molecule has 3 heteroatoms. The van der Waals surface area contributed by atoms with Crippen molar-refractivity contribution >= 4 is 5.97 Å². The first kappa shape index (κ1) is 12.5. The lowest BCUT2D eigenvalue weighted by Crippen LogP contribution is -2.35. The molecule has 3 saturated carbocycles. The Hall–Kier alpha value is -0.570. The lowest BCUT2D eigenvalue weighted by Gasteiger charge is -2.37. The highest BCUT2D eigenvalue weighted by Crippen LogP contribution is 2.69. The van der Waals surface area contributed by atoms with Gasteiger partial charge in [-0.15, -0.1) is 0 Å². The molecule has 3 fully saturated rings. The number of rotatable bonds is 1. The zero-order valence-corrected chi connectivity index (χ0v) is 11.5. The summed E-state index contributed by atoms with van der Waals surface area (Å²) < 4.78 is 0. The van der Waals surface area contributed by atoms with E-state index in [1.165, 1.54) is 0 Å². The average molecular weight is 252 g/mol. The molecule has 18 heavy (non-hydrogen) atoms. The maximum atomic E-state index is 11.4. The molecule has 0 aromatic rings. The van der Waals surface area contributed by atoms with Crippen LogP contribution in [0.25, 0.3) is 0 Å². The largest absolute Gasteiger partial charge is 0.481 e. The maximum Gasteiger partial charge on any atom is 0.309 e. The van der Waals surface area contributed by atoms with Crippen molar-refractivity contribution in [1.82, 2.24) is 0 Å². The first-order chi connectivity index (χ1) is 8.29. The van der Waals surface area contributed by atoms with E-state index in [0.29, 0.717) is 23.7 Å². The van der Waals surface area contributed by atoms with Gasteiger partial charge in [0, 0.05) is 0 Å². The second kappa shape index (κ2) is 3.50. The Bertz CT molecular complexity index is 393. The van der Waals surface area contributed by atoms with E-state index in [2.05, 4.69) is 13.8 Å². The number of carboxylic acids is 1. The van der Waals surface area contributed by atoms with Crippen LogP contribution in [0.3, 0.4) is 0 Å². The highest BCUT2D eigenvalue weighted by molar-refractivity contribution is 5.74. The van der Waals surface area contributed by atoms with Crippen molar-refractivity contribution in [2.45, 2.75) is 52.6 Å². The van der Waals surface area contributed by atoms with Crippen LogP contribution in [0.1, 0.15) is 46.5 Å². The lowest BCUT2D eigenvalue weighted by atomic mass is 9.67. The van der Waals surface area contributed by atoms with Crippen LogP contribution < -0.4 is 0 Å². The van der Waals surface area contributed by atoms with Gasteiger partial charge in [-0.2, -0.15) is 0 Å². The predicted molar refractivity (Wildman–Crippen MR) is 68.0 cm³/mol. The quantitative estimate of drug-likeness (QED) is 0.754. The molecule has 0 radical (unpaired) electrons. The summed E-state index contributed by atoms with van der Waals surface area (Å²) in [7, 11) is 0. The van der Waals surface area contributed by atoms with E-state index in [1.54, 1.807) is 0 Å². The molecule has 0 spiro atoms. The van der Waals surface area contributed by atoms with E-state index >= 15 is 0 Å². The Kier molecular flexibility index (Phi) is 2.42. The second-order valence-electron chi connectivity index (χ2n) is 7.53. The summed E-state index contributed by atoms with van der Waals surface area (Å²) in [4.78, 5) is 11.4. The third kappa shape index (κ3) is 1.31. The van der Waals surface area contributed by atoms with Gasteiger partial charge in [0.2, 0.25) is 0 Å². The van der Waals surface area contributed by atoms with Gasteiger partial charge in [-0.3, -0.25) is 4.79 Å². The number of carbonyl (C=O) groups is 1. The lowest BCUT2D eigenvalue weighted by molar-refractivity contribution is -0.148. The number of aliphatic hydroxyl groups is 1. The van der Waals surface area contributed by atoms with Crippen molar-refractivity contribution in [3.8, 4) is 0 Å². The average Bonchev–Trinajstić information content (AvgIpc) is 2.81. The van der Waals surface area contributed by atoms with Gasteiger partial charge in [-0.05, 0) is 61.7 Å². The van der Waals surface area contributed by atoms with E-state index in [0.717, 1.165) is 25.7 Å². The van der Waals surface area contributed by atoms with Crippen molar-refractivity contribution in [2.24, 2.45) is 34.5 Å². The van der Waals surface area contributed by atoms with Crippen LogP contribution in [0.4, 0.5) is 0 Å². The summed E-state index contributed by atoms with van der Waals surface area (Å²) in [6, 6.07) is 0. The first-order valence-electron chi connectivity index (χ1n) is 7.20. The third-order valence-corrected chi connectivity index (χ3v) is 6.82. The molecule has 0 unspecified atom stereocenters. The monoisotopic (exact) mass is 252 g/mol. The topological polar surface area (TPSA) is 57.5 Å². The molecule has 0 saturated heterocycles. The van der Waals surface area contributed by atoms with Crippen molar-refractivity contribution in [3.63, 3.8) is 0 Å². The predicted octanol–water partition coefficient (Wildman–Crippen LogP) is 2.53. The number of carboxylic acid groups (broad SMARTS) is 1. The Morgan fingerprint density at radius 2 is 1.89 bits per heavy atom. The molecule has 7 atom stereocenters. The number of aliphatic hydroxyl groups excluding tert-OH is 1. The third-order valence-electron chi connectivity index (χ3n) is 6.82. The van der Waals surface area contributed by atoms with Crippen molar-refractivity contribution < 1.29 is 15.0 Å². The number of aliphatic carboxylic acids is 1. The molecule has 0 bridgehead atoms. The minimum absolute atomic E-state index is 0.164. The van der Waals surface area contributed by atoms with E-state index < -0.39 is 11.4 Å². The van der Waals surface area contributed by atoms with Gasteiger partial charge in [0.25, 0.3) is 0 Å². The van der Waals surface area contributed by atoms with Crippen LogP contribution in [0, 0.1) is 34.5 Å². The van der Waals surface area contributed by atoms with Crippen molar-refractivity contribution in [2.75, 3.05) is 0 Å². The summed E-state index contributed by atoms with van der Waals surface area (Å²) in [5.74, 6) is 1.35. The Balaban J connectivity index is 1.91. The van der Waals surface area contributed by atoms with Gasteiger partial charge in [0.1, 0.15) is 0 Å². The maximum absolute atomic E-state index is 11.4. The van der Waals surface area contributed by atoms with Crippen LogP contribution in [0.15, 0.2) is 0 Å². The van der Waals surface area contributed by atoms with Gasteiger partial charge >= 0.3 is 5.97 Å². The molecule has 3 aliphatic carbocycles. The molecule has 3 nitrogen and oxygen atoms in total. The second-order valence-corrected chi connectivity index (χ2v) is 7.53. The van der Waals surface area contributed by atoms with Gasteiger partial charge in [-0.25, -0.2) is 0 Å². The summed E-state index contributed by atoms with van der Waals surface area (Å²) in [5, 5.41) is 19.5. The molecule has 3 rings (SSSR count). The summed E-state index contributed by atoms with van der Waals surface area (Å²) in [6.07, 6.45) is 3.51. The normalized spacial score (nSPS) is 58.6. The zero-order valence-electron chi connectivity index (χ0n) is 11.5. The fourth-order valence-corrected chi connectivity index (χ4v) is 5.50. The summed E-state index contributed by atoms with van der Waals surface area (Å²) >= 11 is 0. The molecule has 0 aromatic carbocycles. The van der Waals surface area contributed by atoms with Crippen LogP contribution >= 0.6 is 0 Å². The standard InChI is InChI=1S/C15H24O3/c1-8-12(16)5-10-4-9-6-14(2,13(17)18)7-11(9)15(8,10)3/h8-12,16H,4-7H2,1-3H3,(H,17,18)/t8-,9-,10-,11+,12-,14-,15+/m0/s1. The molecule has 0 aliphatic heterocycles. The molecule has 102 valence electrons. The number of fused-ring (bicyclic) bond motifs is 3. The van der Waals surface area contributed by atoms with Crippen molar-refractivity contribution in [1.29, 1.82) is 0 Å². The number of hydrogen-bond acceptors (Lipinski definition) is 2. The molecule has 0 aromatic heterocycles. The van der Waals surface area contributed by atoms with Gasteiger partial charge in [-0.1, -0.05) is 13.8 Å². The first-order valence-corrected chi connectivity index (χ1v) is 7.20. The van der Waals surface area contributed by atoms with Crippen molar-refractivity contribution in [3.05, 3.63) is 0 Å². The fourth-order valence-electron chi connectivity index (χ4n) is 5.50. The van der Waals surface area contributed by atoms with E-state index in [1.807, 2.05) is 6.92 Å². The van der Waals surface area contributed by atoms with Crippen LogP contribution in [0.5, 0.6) is 0 Å². The smallest absolute Gasteiger partial charge is 0.309 e. The van der Waals surface area contributed by atoms with E-state index in [-0.39, 0.29) is 11.5 Å². The van der Waals surface area contributed by atoms with Gasteiger partial charge in [0.05, 0.1) is 11.5 Å². The van der Waals surface area contributed by atoms with Gasteiger partial charge in [0.15, 0.2) is 0 Å². The summed E-state index contributed by atoms with van der Waals surface area (Å²) in [5.41, 5.74) is -0.367. The number of hydrogen-bond donors (Lipinski definition) is 2. The molecular weight excluding hydrogens is 228 g/mol. The van der Waals surface area contributed by atoms with Gasteiger partial charge < -0.3 is 10.2 Å². The van der Waals surface area contributed by atoms with E-state index in [9.17, 15) is 15.0 Å². The van der Waals surface area contributed by atoms with Crippen LogP contribution in [-0.4, -0.2) is 22.3 Å².